The van der Waals surface area contributed by atoms with E-state index in [0.717, 1.165) is 12.1 Å². The first-order chi connectivity index (χ1) is 12.2. The molecule has 0 spiro atoms. The highest BCUT2D eigenvalue weighted by atomic mass is 14.7. The molecule has 0 saturated carbocycles. The Morgan fingerprint density at radius 1 is 0.962 bits per heavy atom. The average Bonchev–Trinajstić information content (AvgIpc) is 2.60. The van der Waals surface area contributed by atoms with Gasteiger partial charge in [-0.25, -0.2) is 0 Å². The maximum atomic E-state index is 4.84. The summed E-state index contributed by atoms with van der Waals surface area (Å²) in [6, 6.07) is 13.8. The van der Waals surface area contributed by atoms with Crippen LogP contribution in [-0.2, 0) is 5.41 Å². The minimum absolute atomic E-state index is 0.130. The molecule has 1 unspecified atom stereocenters. The molecular formula is C25H31N. The number of hydrogen-bond acceptors (Lipinski definition) is 1. The number of aromatic nitrogens is 1. The molecule has 0 saturated heterocycles. The number of hydrogen-bond donors (Lipinski definition) is 0. The van der Waals surface area contributed by atoms with Gasteiger partial charge in [-0.1, -0.05) is 64.4 Å². The number of nitrogens with zero attached hydrogens (tertiary/aromatic N) is 1. The maximum Gasteiger partial charge on any atom is 0.0780 e. The van der Waals surface area contributed by atoms with E-state index < -0.39 is 0 Å². The van der Waals surface area contributed by atoms with Crippen LogP contribution in [0.3, 0.4) is 0 Å². The summed E-state index contributed by atoms with van der Waals surface area (Å²) in [6.07, 6.45) is 3.19. The molecule has 3 aromatic rings. The fraction of sp³-hybridized carbons (Fsp3) is 0.400. The molecule has 0 amide bonds. The second kappa shape index (κ2) is 6.87. The molecule has 0 aliphatic rings. The minimum Gasteiger partial charge on any atom is -0.255 e. The predicted octanol–water partition coefficient (Wildman–Crippen LogP) is 7.33. The first-order valence-electron chi connectivity index (χ1n) is 9.72. The highest BCUT2D eigenvalue weighted by Crippen LogP contribution is 2.34. The largest absolute Gasteiger partial charge is 0.255 e. The van der Waals surface area contributed by atoms with Crippen LogP contribution in [0.4, 0.5) is 0 Å². The molecule has 1 aromatic heterocycles. The summed E-state index contributed by atoms with van der Waals surface area (Å²) in [5.41, 5.74) is 7.76. The first kappa shape index (κ1) is 18.6. The Hall–Kier alpha value is -2.15. The van der Waals surface area contributed by atoms with E-state index in [0.29, 0.717) is 5.92 Å². The molecule has 0 bridgehead atoms. The smallest absolute Gasteiger partial charge is 0.0780 e. The van der Waals surface area contributed by atoms with Crippen LogP contribution in [0.15, 0.2) is 42.6 Å². The summed E-state index contributed by atoms with van der Waals surface area (Å²) in [4.78, 5) is 4.84. The summed E-state index contributed by atoms with van der Waals surface area (Å²) >= 11 is 0. The van der Waals surface area contributed by atoms with Crippen LogP contribution in [0.25, 0.3) is 22.0 Å². The van der Waals surface area contributed by atoms with Gasteiger partial charge in [0.25, 0.3) is 0 Å². The van der Waals surface area contributed by atoms with Crippen LogP contribution in [0, 0.1) is 13.8 Å². The van der Waals surface area contributed by atoms with Gasteiger partial charge in [0.15, 0.2) is 0 Å². The van der Waals surface area contributed by atoms with Gasteiger partial charge in [-0.05, 0) is 65.8 Å². The van der Waals surface area contributed by atoms with E-state index in [2.05, 4.69) is 84.9 Å². The predicted molar refractivity (Wildman–Crippen MR) is 114 cm³/mol. The monoisotopic (exact) mass is 345 g/mol. The van der Waals surface area contributed by atoms with Crippen molar-refractivity contribution >= 4 is 10.8 Å². The van der Waals surface area contributed by atoms with Crippen LogP contribution in [0.2, 0.25) is 0 Å². The Morgan fingerprint density at radius 2 is 1.69 bits per heavy atom. The van der Waals surface area contributed by atoms with E-state index in [9.17, 15) is 0 Å². The zero-order valence-corrected chi connectivity index (χ0v) is 17.3. The van der Waals surface area contributed by atoms with Gasteiger partial charge in [0.1, 0.15) is 0 Å². The molecular weight excluding hydrogens is 314 g/mol. The SMILES string of the molecule is CCC(C)c1ccc2c(-c3cc(C)cc(C(C)(C)C)c3)ncc(C)c2c1. The molecule has 3 rings (SSSR count). The molecule has 1 nitrogen and oxygen atoms in total. The number of benzene rings is 2. The lowest BCUT2D eigenvalue weighted by atomic mass is 9.84. The molecule has 26 heavy (non-hydrogen) atoms. The Bertz CT molecular complexity index is 944. The maximum absolute atomic E-state index is 4.84. The molecule has 0 radical (unpaired) electrons. The Balaban J connectivity index is 2.24. The highest BCUT2D eigenvalue weighted by molar-refractivity contribution is 5.96. The van der Waals surface area contributed by atoms with Gasteiger partial charge in [-0.15, -0.1) is 0 Å². The molecule has 0 N–H and O–H groups in total. The van der Waals surface area contributed by atoms with Crippen molar-refractivity contribution in [1.82, 2.24) is 4.98 Å². The third kappa shape index (κ3) is 3.53. The lowest BCUT2D eigenvalue weighted by Gasteiger charge is -2.21. The van der Waals surface area contributed by atoms with Crippen molar-refractivity contribution in [2.45, 2.75) is 66.2 Å². The van der Waals surface area contributed by atoms with Crippen LogP contribution >= 0.6 is 0 Å². The molecule has 2 aromatic carbocycles. The fourth-order valence-electron chi connectivity index (χ4n) is 3.52. The molecule has 1 heteroatoms. The summed E-state index contributed by atoms with van der Waals surface area (Å²) in [7, 11) is 0. The van der Waals surface area contributed by atoms with E-state index in [1.807, 2.05) is 6.20 Å². The summed E-state index contributed by atoms with van der Waals surface area (Å²) < 4.78 is 0. The van der Waals surface area contributed by atoms with Gasteiger partial charge >= 0.3 is 0 Å². The normalized spacial score (nSPS) is 13.2. The third-order valence-electron chi connectivity index (χ3n) is 5.51. The van der Waals surface area contributed by atoms with E-state index >= 15 is 0 Å². The number of pyridine rings is 1. The lowest BCUT2D eigenvalue weighted by molar-refractivity contribution is 0.590. The van der Waals surface area contributed by atoms with Crippen LogP contribution in [0.5, 0.6) is 0 Å². The summed E-state index contributed by atoms with van der Waals surface area (Å²) in [6.45, 7) is 15.7. The molecule has 1 atom stereocenters. The van der Waals surface area contributed by atoms with Crippen LogP contribution in [0.1, 0.15) is 69.2 Å². The van der Waals surface area contributed by atoms with Crippen molar-refractivity contribution in [3.8, 4) is 11.3 Å². The van der Waals surface area contributed by atoms with Gasteiger partial charge in [-0.2, -0.15) is 0 Å². The van der Waals surface area contributed by atoms with Crippen LogP contribution < -0.4 is 0 Å². The topological polar surface area (TPSA) is 12.9 Å². The van der Waals surface area contributed by atoms with Crippen molar-refractivity contribution in [2.75, 3.05) is 0 Å². The quantitative estimate of drug-likeness (QED) is 0.484. The second-order valence-electron chi connectivity index (χ2n) is 8.74. The Morgan fingerprint density at radius 3 is 2.35 bits per heavy atom. The molecule has 0 aliphatic heterocycles. The first-order valence-corrected chi connectivity index (χ1v) is 9.72. The fourth-order valence-corrected chi connectivity index (χ4v) is 3.52. The van der Waals surface area contributed by atoms with Gasteiger partial charge in [0.2, 0.25) is 0 Å². The highest BCUT2D eigenvalue weighted by Gasteiger charge is 2.17. The van der Waals surface area contributed by atoms with E-state index in [-0.39, 0.29) is 5.41 Å². The summed E-state index contributed by atoms with van der Waals surface area (Å²) in [5, 5.41) is 2.58. The number of fused-ring (bicyclic) bond motifs is 1. The molecule has 1 heterocycles. The van der Waals surface area contributed by atoms with Gasteiger partial charge in [0.05, 0.1) is 5.69 Å². The van der Waals surface area contributed by atoms with Gasteiger partial charge < -0.3 is 0 Å². The van der Waals surface area contributed by atoms with Gasteiger partial charge in [-0.3, -0.25) is 4.98 Å². The Labute approximate surface area is 158 Å². The number of aryl methyl sites for hydroxylation is 2. The molecule has 0 aliphatic carbocycles. The molecule has 136 valence electrons. The van der Waals surface area contributed by atoms with Gasteiger partial charge in [0, 0.05) is 17.1 Å². The second-order valence-corrected chi connectivity index (χ2v) is 8.74. The third-order valence-corrected chi connectivity index (χ3v) is 5.51. The van der Waals surface area contributed by atoms with Crippen molar-refractivity contribution in [1.29, 1.82) is 0 Å². The Kier molecular flexibility index (Phi) is 4.92. The average molecular weight is 346 g/mol. The number of rotatable bonds is 3. The minimum atomic E-state index is 0.130. The van der Waals surface area contributed by atoms with E-state index in [1.54, 1.807) is 0 Å². The zero-order valence-electron chi connectivity index (χ0n) is 17.3. The van der Waals surface area contributed by atoms with E-state index in [1.165, 1.54) is 38.6 Å². The van der Waals surface area contributed by atoms with E-state index in [4.69, 9.17) is 4.98 Å². The van der Waals surface area contributed by atoms with Crippen molar-refractivity contribution in [3.63, 3.8) is 0 Å². The van der Waals surface area contributed by atoms with Crippen molar-refractivity contribution in [2.24, 2.45) is 0 Å². The summed E-state index contributed by atoms with van der Waals surface area (Å²) in [5.74, 6) is 0.585. The van der Waals surface area contributed by atoms with Crippen molar-refractivity contribution in [3.05, 3.63) is 64.8 Å². The van der Waals surface area contributed by atoms with Crippen LogP contribution in [-0.4, -0.2) is 4.98 Å². The lowest BCUT2D eigenvalue weighted by Crippen LogP contribution is -2.11. The van der Waals surface area contributed by atoms with Crippen molar-refractivity contribution < 1.29 is 0 Å². The molecule has 0 fully saturated rings. The standard InChI is InChI=1S/C25H31N/c1-8-17(3)19-9-10-22-23(14-19)18(4)15-26-24(22)20-11-16(2)12-21(13-20)25(5,6)7/h9-15,17H,8H2,1-7H3. The zero-order chi connectivity index (χ0) is 19.1.